The van der Waals surface area contributed by atoms with Crippen LogP contribution in [0.5, 0.6) is 0 Å². The molecule has 0 bridgehead atoms. The van der Waals surface area contributed by atoms with E-state index in [1.165, 1.54) is 55.7 Å². The first-order valence-electron chi connectivity index (χ1n) is 16.4. The Labute approximate surface area is 275 Å². The van der Waals surface area contributed by atoms with E-state index in [0.717, 1.165) is 0 Å². The van der Waals surface area contributed by atoms with Crippen LogP contribution in [0.3, 0.4) is 0 Å². The maximum atomic E-state index is 2.53. The molecule has 0 spiro atoms. The van der Waals surface area contributed by atoms with Crippen molar-refractivity contribution in [2.24, 2.45) is 0 Å². The van der Waals surface area contributed by atoms with Gasteiger partial charge in [0.15, 0.2) is 0 Å². The molecule has 2 unspecified atom stereocenters. The van der Waals surface area contributed by atoms with E-state index in [-0.39, 0.29) is 0 Å². The monoisotopic (exact) mass is 684 g/mol. The number of hydrogen-bond donors (Lipinski definition) is 0. The quantitative estimate of drug-likeness (QED) is 0.153. The van der Waals surface area contributed by atoms with E-state index in [1.54, 1.807) is 6.54 Å². The van der Waals surface area contributed by atoms with Crippen molar-refractivity contribution >= 4 is 25.6 Å². The summed E-state index contributed by atoms with van der Waals surface area (Å²) >= 11 is -4.61. The Balaban J connectivity index is 1.49. The van der Waals surface area contributed by atoms with Gasteiger partial charge in [-0.2, -0.15) is 0 Å². The van der Waals surface area contributed by atoms with Crippen molar-refractivity contribution < 1.29 is 17.4 Å². The Morgan fingerprint density at radius 1 is 0.413 bits per heavy atom. The Morgan fingerprint density at radius 2 is 0.761 bits per heavy atom. The minimum atomic E-state index is -4.61. The first kappa shape index (κ1) is 29.3. The van der Waals surface area contributed by atoms with Crippen LogP contribution in [0.2, 0.25) is 0 Å². The zero-order valence-corrected chi connectivity index (χ0v) is 30.4. The van der Waals surface area contributed by atoms with E-state index in [1.807, 2.05) is 0 Å². The summed E-state index contributed by atoms with van der Waals surface area (Å²) < 4.78 is 3.73. The summed E-state index contributed by atoms with van der Waals surface area (Å²) in [6.07, 6.45) is 5.07. The fourth-order valence-electron chi connectivity index (χ4n) is 9.26. The van der Waals surface area contributed by atoms with Crippen LogP contribution < -0.4 is 6.54 Å². The Hall–Kier alpha value is -4.10. The molecule has 0 saturated heterocycles. The Bertz CT molecular complexity index is 2050. The van der Waals surface area contributed by atoms with Crippen LogP contribution in [0, 0.1) is 0 Å². The average molecular weight is 686 g/mol. The zero-order chi connectivity index (χ0) is 31.3. The van der Waals surface area contributed by atoms with Gasteiger partial charge in [-0.05, 0) is 0 Å². The molecule has 0 fully saturated rings. The van der Waals surface area contributed by atoms with Gasteiger partial charge in [-0.25, -0.2) is 0 Å². The maximum absolute atomic E-state index is 4.61. The summed E-state index contributed by atoms with van der Waals surface area (Å²) in [6, 6.07) is 59.4. The third-order valence-corrected chi connectivity index (χ3v) is 39.2. The molecule has 2 atom stereocenters. The Kier molecular flexibility index (Phi) is 7.20. The predicted octanol–water partition coefficient (Wildman–Crippen LogP) is 9.53. The third kappa shape index (κ3) is 4.20. The van der Waals surface area contributed by atoms with Crippen molar-refractivity contribution in [3.05, 3.63) is 191 Å². The second-order valence-electron chi connectivity index (χ2n) is 13.4. The number of benzene rings is 6. The zero-order valence-electron chi connectivity index (χ0n) is 26.5. The summed E-state index contributed by atoms with van der Waals surface area (Å²) in [5.74, 6) is 0. The number of rotatable bonds is 6. The molecule has 8 rings (SSSR count). The topological polar surface area (TPSA) is 0 Å². The van der Waals surface area contributed by atoms with Crippen molar-refractivity contribution in [1.82, 2.24) is 0 Å². The number of allylic oxidation sites excluding steroid dienone is 2. The molecule has 0 amide bonds. The summed E-state index contributed by atoms with van der Waals surface area (Å²) in [4.78, 5) is 0. The number of fused-ring (bicyclic) bond motifs is 2. The van der Waals surface area contributed by atoms with Crippen molar-refractivity contribution in [3.8, 4) is 22.3 Å². The first-order chi connectivity index (χ1) is 22.5. The van der Waals surface area contributed by atoms with Gasteiger partial charge in [0.1, 0.15) is 0 Å². The molecule has 6 aromatic carbocycles. The summed E-state index contributed by atoms with van der Waals surface area (Å²) in [5.41, 5.74) is 14.0. The van der Waals surface area contributed by atoms with E-state index in [0.29, 0.717) is 7.25 Å². The van der Waals surface area contributed by atoms with E-state index in [4.69, 9.17) is 0 Å². The molecule has 0 radical (unpaired) electrons. The van der Waals surface area contributed by atoms with Crippen LogP contribution in [0.1, 0.15) is 43.4 Å². The van der Waals surface area contributed by atoms with Gasteiger partial charge in [0.2, 0.25) is 0 Å². The van der Waals surface area contributed by atoms with Gasteiger partial charge in [0, 0.05) is 0 Å². The Morgan fingerprint density at radius 3 is 1.13 bits per heavy atom. The van der Waals surface area contributed by atoms with Crippen molar-refractivity contribution in [2.45, 2.75) is 21.1 Å². The van der Waals surface area contributed by atoms with Crippen molar-refractivity contribution in [3.63, 3.8) is 0 Å². The van der Waals surface area contributed by atoms with Crippen LogP contribution >= 0.6 is 0 Å². The molecule has 222 valence electrons. The van der Waals surface area contributed by atoms with E-state index in [9.17, 15) is 0 Å². The first-order valence-corrected chi connectivity index (χ1v) is 27.6. The second-order valence-corrected chi connectivity index (χ2v) is 36.1. The molecule has 2 aliphatic carbocycles. The van der Waals surface area contributed by atoms with Crippen LogP contribution in [0.4, 0.5) is 0 Å². The molecular formula is C44H38SiZr. The van der Waals surface area contributed by atoms with Gasteiger partial charge in [0.25, 0.3) is 0 Å². The van der Waals surface area contributed by atoms with Crippen LogP contribution in [-0.4, -0.2) is 6.88 Å². The summed E-state index contributed by atoms with van der Waals surface area (Å²) in [5, 5.41) is 0. The number of hydrogen-bond acceptors (Lipinski definition) is 0. The van der Waals surface area contributed by atoms with E-state index < -0.39 is 17.4 Å². The predicted molar refractivity (Wildman–Crippen MR) is 197 cm³/mol. The third-order valence-electron chi connectivity index (χ3n) is 11.0. The van der Waals surface area contributed by atoms with Gasteiger partial charge in [-0.3, -0.25) is 0 Å². The molecule has 2 aliphatic rings. The van der Waals surface area contributed by atoms with Crippen LogP contribution in [0.15, 0.2) is 169 Å². The van der Waals surface area contributed by atoms with Gasteiger partial charge >= 0.3 is 277 Å². The summed E-state index contributed by atoms with van der Waals surface area (Å²) in [6.45, 7) is 7.28. The molecule has 0 N–H and O–H groups in total. The molecule has 0 heterocycles. The fourth-order valence-corrected chi connectivity index (χ4v) is 38.4. The van der Waals surface area contributed by atoms with Gasteiger partial charge in [-0.15, -0.1) is 0 Å². The van der Waals surface area contributed by atoms with Crippen molar-refractivity contribution in [2.75, 3.05) is 0 Å². The second kappa shape index (κ2) is 11.3. The molecular weight excluding hydrogens is 648 g/mol. The molecule has 0 aromatic heterocycles. The molecule has 0 aliphatic heterocycles. The molecule has 46 heavy (non-hydrogen) atoms. The van der Waals surface area contributed by atoms with Gasteiger partial charge < -0.3 is 0 Å². The van der Waals surface area contributed by atoms with Crippen LogP contribution in [-0.2, 0) is 17.4 Å². The minimum absolute atomic E-state index is 0.308. The molecule has 0 saturated carbocycles. The van der Waals surface area contributed by atoms with Crippen molar-refractivity contribution in [1.29, 1.82) is 0 Å². The average Bonchev–Trinajstić information content (AvgIpc) is 3.66. The van der Waals surface area contributed by atoms with Gasteiger partial charge in [0.05, 0.1) is 0 Å². The van der Waals surface area contributed by atoms with E-state index >= 15 is 0 Å². The SMILES string of the molecule is CC1=Cc2c(-c3ccccc3)cccc2[CH]1[Zr](=[SiH2])([c]1ccccc1)([c]1ccccc1)[CH]1C(C)=Cc2c(-c3ccccc3)cccc21. The fraction of sp³-hybridized carbons (Fsp3) is 0.0909. The molecule has 6 aromatic rings. The van der Waals surface area contributed by atoms with Crippen LogP contribution in [0.25, 0.3) is 34.4 Å². The summed E-state index contributed by atoms with van der Waals surface area (Å²) in [7, 11) is 0. The standard InChI is InChI=1S/2C16H13.2C6H5.H2Si.Zr/c2*1-12-10-14-8-5-9-15(16(14)11-12)13-6-3-2-4-7-13;2*1-2-4-6-5-3-1;;/h2*2-11H,1H3;2*1-5H;1H2;. The normalized spacial score (nSPS) is 17.2. The molecule has 0 nitrogen and oxygen atoms in total. The molecule has 2 heteroatoms. The van der Waals surface area contributed by atoms with Gasteiger partial charge in [-0.1, -0.05) is 0 Å². The van der Waals surface area contributed by atoms with E-state index in [2.05, 4.69) is 191 Å².